The molecular weight excluding hydrogens is 358 g/mol. The monoisotopic (exact) mass is 383 g/mol. The minimum Gasteiger partial charge on any atom is -0.506 e. The summed E-state index contributed by atoms with van der Waals surface area (Å²) in [5.74, 6) is 0.00730. The average molecular weight is 383 g/mol. The molecule has 26 heavy (non-hydrogen) atoms. The second-order valence-corrected chi connectivity index (χ2v) is 7.96. The standard InChI is InChI=1S/C17H25N3O5S/c1-17(2,10-21)9-18-6-8-20(16(24)25)7-5-11-3-4-12(22)13-14(11)26-15(23)19-13/h3-4,18,21-22H,5-10H2,1-2H3,(H,19,23)(H,24,25). The molecule has 8 nitrogen and oxygen atoms in total. The van der Waals surface area contributed by atoms with Crippen LogP contribution in [0.4, 0.5) is 4.79 Å². The molecule has 0 saturated carbocycles. The fourth-order valence-corrected chi connectivity index (χ4v) is 3.42. The van der Waals surface area contributed by atoms with E-state index < -0.39 is 6.09 Å². The Hall–Kier alpha value is -2.10. The van der Waals surface area contributed by atoms with Gasteiger partial charge in [-0.2, -0.15) is 0 Å². The Bertz CT molecular complexity index is 814. The maximum Gasteiger partial charge on any atom is 0.407 e. The first-order chi connectivity index (χ1) is 12.2. The van der Waals surface area contributed by atoms with Gasteiger partial charge < -0.3 is 30.5 Å². The maximum absolute atomic E-state index is 11.5. The lowest BCUT2D eigenvalue weighted by molar-refractivity contribution is 0.141. The molecular formula is C17H25N3O5S. The van der Waals surface area contributed by atoms with E-state index >= 15 is 0 Å². The fourth-order valence-electron chi connectivity index (χ4n) is 2.53. The topological polar surface area (TPSA) is 126 Å². The third-order valence-electron chi connectivity index (χ3n) is 4.15. The van der Waals surface area contributed by atoms with Crippen molar-refractivity contribution in [2.24, 2.45) is 5.41 Å². The van der Waals surface area contributed by atoms with Crippen LogP contribution in [-0.2, 0) is 6.42 Å². The van der Waals surface area contributed by atoms with Gasteiger partial charge in [0.05, 0.1) is 4.70 Å². The van der Waals surface area contributed by atoms with Gasteiger partial charge in [-0.1, -0.05) is 31.3 Å². The summed E-state index contributed by atoms with van der Waals surface area (Å²) in [7, 11) is 0. The van der Waals surface area contributed by atoms with Crippen molar-refractivity contribution in [1.29, 1.82) is 0 Å². The van der Waals surface area contributed by atoms with Gasteiger partial charge in [0.25, 0.3) is 0 Å². The number of aromatic nitrogens is 1. The number of carbonyl (C=O) groups is 1. The Morgan fingerprint density at radius 2 is 2.08 bits per heavy atom. The van der Waals surface area contributed by atoms with Crippen LogP contribution >= 0.6 is 11.3 Å². The predicted molar refractivity (Wildman–Crippen MR) is 101 cm³/mol. The number of aromatic hydroxyl groups is 1. The number of H-pyrrole nitrogens is 1. The molecule has 1 heterocycles. The lowest BCUT2D eigenvalue weighted by Crippen LogP contribution is -2.40. The number of aliphatic hydroxyl groups excluding tert-OH is 1. The van der Waals surface area contributed by atoms with E-state index in [9.17, 15) is 24.9 Å². The van der Waals surface area contributed by atoms with Gasteiger partial charge in [-0.05, 0) is 18.1 Å². The second-order valence-electron chi connectivity index (χ2n) is 6.98. The lowest BCUT2D eigenvalue weighted by atomic mass is 9.95. The van der Waals surface area contributed by atoms with Crippen LogP contribution < -0.4 is 10.2 Å². The van der Waals surface area contributed by atoms with Crippen LogP contribution in [0.2, 0.25) is 0 Å². The number of thiazole rings is 1. The van der Waals surface area contributed by atoms with Crippen LogP contribution in [0.1, 0.15) is 19.4 Å². The zero-order valence-corrected chi connectivity index (χ0v) is 15.7. The van der Waals surface area contributed by atoms with Crippen LogP contribution in [0.25, 0.3) is 10.2 Å². The van der Waals surface area contributed by atoms with Crippen LogP contribution in [-0.4, -0.2) is 64.1 Å². The number of nitrogens with one attached hydrogen (secondary N) is 2. The molecule has 0 saturated heterocycles. The van der Waals surface area contributed by atoms with Gasteiger partial charge in [0.1, 0.15) is 11.3 Å². The number of rotatable bonds is 9. The number of nitrogens with zero attached hydrogens (tertiary/aromatic N) is 1. The summed E-state index contributed by atoms with van der Waals surface area (Å²) in [5, 5.41) is 31.6. The number of aliphatic hydroxyl groups is 1. The molecule has 2 rings (SSSR count). The number of fused-ring (bicyclic) bond motifs is 1. The lowest BCUT2D eigenvalue weighted by Gasteiger charge is -2.24. The van der Waals surface area contributed by atoms with Gasteiger partial charge in [0.15, 0.2) is 0 Å². The van der Waals surface area contributed by atoms with Crippen LogP contribution in [0.15, 0.2) is 16.9 Å². The van der Waals surface area contributed by atoms with Gasteiger partial charge in [-0.25, -0.2) is 4.79 Å². The van der Waals surface area contributed by atoms with Crippen molar-refractivity contribution in [3.05, 3.63) is 27.4 Å². The quantitative estimate of drug-likeness (QED) is 0.417. The summed E-state index contributed by atoms with van der Waals surface area (Å²) in [4.78, 5) is 26.6. The van der Waals surface area contributed by atoms with Crippen molar-refractivity contribution in [3.63, 3.8) is 0 Å². The molecule has 0 aliphatic carbocycles. The Balaban J connectivity index is 1.96. The van der Waals surface area contributed by atoms with Crippen molar-refractivity contribution in [3.8, 4) is 5.75 Å². The zero-order valence-electron chi connectivity index (χ0n) is 14.9. The van der Waals surface area contributed by atoms with Crippen LogP contribution in [0, 0.1) is 5.41 Å². The number of benzene rings is 1. The number of amides is 1. The van der Waals surface area contributed by atoms with Gasteiger partial charge in [0, 0.05) is 38.2 Å². The number of hydrogen-bond acceptors (Lipinski definition) is 6. The van der Waals surface area contributed by atoms with Gasteiger partial charge in [-0.15, -0.1) is 0 Å². The normalized spacial score (nSPS) is 11.8. The van der Waals surface area contributed by atoms with E-state index in [0.717, 1.165) is 16.9 Å². The minimum atomic E-state index is -1.01. The minimum absolute atomic E-state index is 0.00730. The molecule has 5 N–H and O–H groups in total. The van der Waals surface area contributed by atoms with Crippen molar-refractivity contribution in [2.75, 3.05) is 32.8 Å². The van der Waals surface area contributed by atoms with Crippen LogP contribution in [0.3, 0.4) is 0 Å². The van der Waals surface area contributed by atoms with Crippen molar-refractivity contribution < 1.29 is 20.1 Å². The summed E-state index contributed by atoms with van der Waals surface area (Å²) in [6.07, 6.45) is -0.565. The highest BCUT2D eigenvalue weighted by Gasteiger charge is 2.17. The first kappa shape index (κ1) is 20.2. The van der Waals surface area contributed by atoms with Crippen molar-refractivity contribution >= 4 is 27.6 Å². The molecule has 0 atom stereocenters. The number of hydrogen-bond donors (Lipinski definition) is 5. The van der Waals surface area contributed by atoms with Gasteiger partial charge in [-0.3, -0.25) is 4.79 Å². The Morgan fingerprint density at radius 1 is 1.35 bits per heavy atom. The molecule has 0 aliphatic heterocycles. The highest BCUT2D eigenvalue weighted by Crippen LogP contribution is 2.28. The molecule has 1 aromatic carbocycles. The van der Waals surface area contributed by atoms with E-state index in [-0.39, 0.29) is 29.2 Å². The summed E-state index contributed by atoms with van der Waals surface area (Å²) in [6, 6.07) is 3.22. The van der Waals surface area contributed by atoms with Gasteiger partial charge in [0.2, 0.25) is 0 Å². The average Bonchev–Trinajstić information content (AvgIpc) is 2.98. The highest BCUT2D eigenvalue weighted by atomic mass is 32.1. The Kier molecular flexibility index (Phi) is 6.63. The van der Waals surface area contributed by atoms with E-state index in [1.165, 1.54) is 11.0 Å². The molecule has 144 valence electrons. The predicted octanol–water partition coefficient (Wildman–Crippen LogP) is 1.43. The highest BCUT2D eigenvalue weighted by molar-refractivity contribution is 7.16. The summed E-state index contributed by atoms with van der Waals surface area (Å²) < 4.78 is 0.656. The molecule has 0 radical (unpaired) electrons. The molecule has 9 heteroatoms. The number of aromatic amines is 1. The third kappa shape index (κ3) is 5.20. The van der Waals surface area contributed by atoms with E-state index in [2.05, 4.69) is 10.3 Å². The molecule has 0 spiro atoms. The first-order valence-electron chi connectivity index (χ1n) is 8.36. The Labute approximate surface area is 155 Å². The number of phenols is 1. The fraction of sp³-hybridized carbons (Fsp3) is 0.529. The third-order valence-corrected chi connectivity index (χ3v) is 5.11. The summed E-state index contributed by atoms with van der Waals surface area (Å²) in [6.45, 7) is 5.58. The smallest absolute Gasteiger partial charge is 0.407 e. The summed E-state index contributed by atoms with van der Waals surface area (Å²) >= 11 is 1.01. The van der Waals surface area contributed by atoms with Crippen molar-refractivity contribution in [1.82, 2.24) is 15.2 Å². The maximum atomic E-state index is 11.5. The molecule has 0 fully saturated rings. The van der Waals surface area contributed by atoms with Crippen LogP contribution in [0.5, 0.6) is 5.75 Å². The van der Waals surface area contributed by atoms with E-state index in [1.807, 2.05) is 13.8 Å². The van der Waals surface area contributed by atoms with Gasteiger partial charge >= 0.3 is 11.0 Å². The molecule has 1 aromatic heterocycles. The van der Waals surface area contributed by atoms with E-state index in [4.69, 9.17) is 0 Å². The molecule has 0 unspecified atom stereocenters. The Morgan fingerprint density at radius 3 is 2.73 bits per heavy atom. The second kappa shape index (κ2) is 8.52. The SMILES string of the molecule is CC(C)(CO)CNCCN(CCc1ccc(O)c2[nH]c(=O)sc12)C(=O)O. The molecule has 2 aromatic rings. The first-order valence-corrected chi connectivity index (χ1v) is 9.18. The largest absolute Gasteiger partial charge is 0.506 e. The number of phenolic OH excluding ortho intramolecular Hbond substituents is 1. The molecule has 1 amide bonds. The van der Waals surface area contributed by atoms with E-state index in [0.29, 0.717) is 36.3 Å². The number of carboxylic acid groups (broad SMARTS) is 1. The summed E-state index contributed by atoms with van der Waals surface area (Å²) in [5.41, 5.74) is 0.964. The molecule has 0 bridgehead atoms. The van der Waals surface area contributed by atoms with E-state index in [1.54, 1.807) is 6.07 Å². The zero-order chi connectivity index (χ0) is 19.3. The van der Waals surface area contributed by atoms with Crippen molar-refractivity contribution in [2.45, 2.75) is 20.3 Å². The molecule has 0 aliphatic rings.